The van der Waals surface area contributed by atoms with Crippen molar-refractivity contribution in [3.8, 4) is 0 Å². The highest BCUT2D eigenvalue weighted by atomic mass is 19.1. The topological polar surface area (TPSA) is 84.0 Å². The zero-order chi connectivity index (χ0) is 23.9. The first kappa shape index (κ1) is 23.0. The molecule has 1 aliphatic heterocycles. The van der Waals surface area contributed by atoms with Gasteiger partial charge in [0, 0.05) is 31.5 Å². The number of nitrogens with zero attached hydrogens (tertiary/aromatic N) is 2. The first-order valence-electron chi connectivity index (χ1n) is 12.3. The first-order valence-corrected chi connectivity index (χ1v) is 12.3. The lowest BCUT2D eigenvalue weighted by molar-refractivity contribution is -0.163. The van der Waals surface area contributed by atoms with Crippen LogP contribution in [0, 0.1) is 23.6 Å². The maximum absolute atomic E-state index is 13.5. The second-order valence-corrected chi connectivity index (χ2v) is 10.6. The second-order valence-electron chi connectivity index (χ2n) is 10.6. The zero-order valence-electron chi connectivity index (χ0n) is 19.3. The summed E-state index contributed by atoms with van der Waals surface area (Å²) in [5.74, 6) is 0.178. The van der Waals surface area contributed by atoms with Crippen molar-refractivity contribution in [2.24, 2.45) is 17.8 Å². The van der Waals surface area contributed by atoms with Gasteiger partial charge in [-0.25, -0.2) is 4.39 Å². The third-order valence-corrected chi connectivity index (χ3v) is 8.18. The third-order valence-electron chi connectivity index (χ3n) is 8.18. The van der Waals surface area contributed by atoms with Gasteiger partial charge in [-0.1, -0.05) is 12.1 Å². The minimum Gasteiger partial charge on any atom is -0.456 e. The summed E-state index contributed by atoms with van der Waals surface area (Å²) >= 11 is 0. The fourth-order valence-electron chi connectivity index (χ4n) is 7.06. The highest BCUT2D eigenvalue weighted by Gasteiger charge is 2.54. The molecule has 8 heteroatoms. The molecule has 1 aromatic carbocycles. The fourth-order valence-corrected chi connectivity index (χ4v) is 7.06. The molecule has 0 atom stereocenters. The van der Waals surface area contributed by atoms with Gasteiger partial charge in [0.15, 0.2) is 6.61 Å². The lowest BCUT2D eigenvalue weighted by Crippen LogP contribution is -2.61. The van der Waals surface area contributed by atoms with E-state index in [-0.39, 0.29) is 61.5 Å². The molecule has 4 bridgehead atoms. The summed E-state index contributed by atoms with van der Waals surface area (Å²) in [4.78, 5) is 52.2. The van der Waals surface area contributed by atoms with E-state index in [1.807, 2.05) is 4.90 Å². The Kier molecular flexibility index (Phi) is 6.16. The number of carbonyl (C=O) groups excluding carboxylic acids is 4. The Balaban J connectivity index is 1.26. The van der Waals surface area contributed by atoms with Gasteiger partial charge in [-0.15, -0.1) is 0 Å². The monoisotopic (exact) mass is 470 g/mol. The summed E-state index contributed by atoms with van der Waals surface area (Å²) in [6.07, 6.45) is 6.85. The van der Waals surface area contributed by atoms with E-state index in [1.165, 1.54) is 31.4 Å². The van der Waals surface area contributed by atoms with Gasteiger partial charge in [-0.3, -0.25) is 24.1 Å². The van der Waals surface area contributed by atoms with Crippen molar-refractivity contribution >= 4 is 23.7 Å². The Hall–Kier alpha value is -2.77. The van der Waals surface area contributed by atoms with Crippen LogP contribution in [0.25, 0.3) is 0 Å². The van der Waals surface area contributed by atoms with Gasteiger partial charge in [0.05, 0.1) is 6.42 Å². The molecule has 0 radical (unpaired) electrons. The maximum atomic E-state index is 13.5. The highest BCUT2D eigenvalue weighted by molar-refractivity contribution is 6.02. The Labute approximate surface area is 198 Å². The van der Waals surface area contributed by atoms with Gasteiger partial charge in [0.25, 0.3) is 5.91 Å². The number of amides is 3. The summed E-state index contributed by atoms with van der Waals surface area (Å²) in [6.45, 7) is -0.0256. The van der Waals surface area contributed by atoms with Crippen molar-refractivity contribution in [1.82, 2.24) is 9.80 Å². The number of hydrogen-bond donors (Lipinski definition) is 0. The van der Waals surface area contributed by atoms with Crippen molar-refractivity contribution in [1.29, 1.82) is 0 Å². The number of likely N-dealkylation sites (tertiary alicyclic amines) is 1. The molecule has 4 aliphatic carbocycles. The molecule has 7 nitrogen and oxygen atoms in total. The molecular formula is C26H31FN2O5. The van der Waals surface area contributed by atoms with Crippen LogP contribution < -0.4 is 0 Å². The van der Waals surface area contributed by atoms with Crippen LogP contribution in [-0.4, -0.2) is 52.2 Å². The SMILES string of the molecule is O=C(CCN1C(=O)CCC1=O)OCC(=O)N(Cc1ccc(F)cc1)C12CC3CC(CC(C3)C1)C2. The molecule has 4 saturated carbocycles. The number of rotatable bonds is 8. The Morgan fingerprint density at radius 3 is 2.09 bits per heavy atom. The molecular weight excluding hydrogens is 439 g/mol. The van der Waals surface area contributed by atoms with Gasteiger partial charge in [-0.05, 0) is 74.0 Å². The van der Waals surface area contributed by atoms with Gasteiger partial charge >= 0.3 is 5.97 Å². The van der Waals surface area contributed by atoms with E-state index in [1.54, 1.807) is 12.1 Å². The van der Waals surface area contributed by atoms with Crippen LogP contribution in [0.5, 0.6) is 0 Å². The van der Waals surface area contributed by atoms with Crippen LogP contribution in [-0.2, 0) is 30.5 Å². The van der Waals surface area contributed by atoms with Crippen molar-refractivity contribution < 1.29 is 28.3 Å². The molecule has 5 fully saturated rings. The third kappa shape index (κ3) is 4.59. The molecule has 6 rings (SSSR count). The molecule has 5 aliphatic rings. The summed E-state index contributed by atoms with van der Waals surface area (Å²) in [7, 11) is 0. The maximum Gasteiger partial charge on any atom is 0.308 e. The van der Waals surface area contributed by atoms with Crippen molar-refractivity contribution in [3.05, 3.63) is 35.6 Å². The number of benzene rings is 1. The van der Waals surface area contributed by atoms with E-state index < -0.39 is 5.97 Å². The van der Waals surface area contributed by atoms with Gasteiger partial charge in [0.1, 0.15) is 5.82 Å². The fraction of sp³-hybridized carbons (Fsp3) is 0.615. The van der Waals surface area contributed by atoms with Gasteiger partial charge < -0.3 is 9.64 Å². The number of hydrogen-bond acceptors (Lipinski definition) is 5. The summed E-state index contributed by atoms with van der Waals surface area (Å²) in [6, 6.07) is 6.20. The normalized spacial score (nSPS) is 29.6. The molecule has 34 heavy (non-hydrogen) atoms. The van der Waals surface area contributed by atoms with Crippen LogP contribution in [0.1, 0.15) is 63.4 Å². The van der Waals surface area contributed by atoms with Crippen molar-refractivity contribution in [3.63, 3.8) is 0 Å². The van der Waals surface area contributed by atoms with Gasteiger partial charge in [-0.2, -0.15) is 0 Å². The molecule has 1 aromatic rings. The average molecular weight is 471 g/mol. The van der Waals surface area contributed by atoms with Crippen LogP contribution >= 0.6 is 0 Å². The smallest absolute Gasteiger partial charge is 0.308 e. The lowest BCUT2D eigenvalue weighted by atomic mass is 9.52. The number of carbonyl (C=O) groups is 4. The standard InChI is InChI=1S/C26H31FN2O5/c27-21-3-1-17(2-4-21)15-29(26-12-18-9-19(13-26)11-20(10-18)14-26)24(32)16-34-25(33)7-8-28-22(30)5-6-23(28)31/h1-4,18-20H,5-16H2. The second kappa shape index (κ2) is 9.12. The van der Waals surface area contributed by atoms with E-state index >= 15 is 0 Å². The van der Waals surface area contributed by atoms with Gasteiger partial charge in [0.2, 0.25) is 11.8 Å². The largest absolute Gasteiger partial charge is 0.456 e. The molecule has 1 saturated heterocycles. The molecule has 0 spiro atoms. The molecule has 182 valence electrons. The van der Waals surface area contributed by atoms with Crippen molar-refractivity contribution in [2.45, 2.75) is 69.9 Å². The number of ether oxygens (including phenoxy) is 1. The summed E-state index contributed by atoms with van der Waals surface area (Å²) < 4.78 is 18.8. The summed E-state index contributed by atoms with van der Waals surface area (Å²) in [5, 5.41) is 0. The molecule has 3 amide bonds. The molecule has 0 unspecified atom stereocenters. The molecule has 0 N–H and O–H groups in total. The number of halogens is 1. The van der Waals surface area contributed by atoms with E-state index in [4.69, 9.17) is 4.74 Å². The van der Waals surface area contributed by atoms with Crippen LogP contribution in [0.15, 0.2) is 24.3 Å². The average Bonchev–Trinajstić information content (AvgIpc) is 3.11. The van der Waals surface area contributed by atoms with Crippen molar-refractivity contribution in [2.75, 3.05) is 13.2 Å². The van der Waals surface area contributed by atoms with Crippen LogP contribution in [0.3, 0.4) is 0 Å². The van der Waals surface area contributed by atoms with E-state index in [9.17, 15) is 23.6 Å². The minimum absolute atomic E-state index is 0.0149. The lowest BCUT2D eigenvalue weighted by Gasteiger charge is -2.60. The molecule has 1 heterocycles. The van der Waals surface area contributed by atoms with E-state index in [0.717, 1.165) is 29.7 Å². The Morgan fingerprint density at radius 2 is 1.53 bits per heavy atom. The zero-order valence-corrected chi connectivity index (χ0v) is 19.3. The molecule has 0 aromatic heterocycles. The number of esters is 1. The summed E-state index contributed by atoms with van der Waals surface area (Å²) in [5.41, 5.74) is 0.615. The predicted molar refractivity (Wildman–Crippen MR) is 119 cm³/mol. The quantitative estimate of drug-likeness (QED) is 0.430. The van der Waals surface area contributed by atoms with E-state index in [0.29, 0.717) is 24.3 Å². The Morgan fingerprint density at radius 1 is 0.971 bits per heavy atom. The highest BCUT2D eigenvalue weighted by Crippen LogP contribution is 2.58. The first-order chi connectivity index (χ1) is 16.3. The predicted octanol–water partition coefficient (Wildman–Crippen LogP) is 3.21. The Bertz CT molecular complexity index is 940. The van der Waals surface area contributed by atoms with Crippen LogP contribution in [0.4, 0.5) is 4.39 Å². The van der Waals surface area contributed by atoms with E-state index in [2.05, 4.69) is 0 Å². The number of imide groups is 1. The van der Waals surface area contributed by atoms with Crippen LogP contribution in [0.2, 0.25) is 0 Å². The minimum atomic E-state index is -0.604.